The highest BCUT2D eigenvalue weighted by molar-refractivity contribution is 7.89. The molecule has 2 aromatic rings. The molecule has 1 aliphatic rings. The fourth-order valence-electron chi connectivity index (χ4n) is 3.25. The van der Waals surface area contributed by atoms with Crippen LogP contribution in [0.3, 0.4) is 0 Å². The Morgan fingerprint density at radius 1 is 1.10 bits per heavy atom. The average molecular weight is 450 g/mol. The van der Waals surface area contributed by atoms with Crippen molar-refractivity contribution in [1.29, 1.82) is 0 Å². The van der Waals surface area contributed by atoms with E-state index in [0.717, 1.165) is 5.56 Å². The number of benzene rings is 2. The number of nitrogens with zero attached hydrogens (tertiary/aromatic N) is 1. The maximum absolute atomic E-state index is 13.1. The van der Waals surface area contributed by atoms with Gasteiger partial charge in [-0.3, -0.25) is 4.79 Å². The van der Waals surface area contributed by atoms with E-state index in [2.05, 4.69) is 0 Å². The number of hydrogen-bond acceptors (Lipinski definition) is 7. The Morgan fingerprint density at radius 3 is 2.55 bits per heavy atom. The third-order valence-corrected chi connectivity index (χ3v) is 6.75. The number of ether oxygens (including phenoxy) is 4. The van der Waals surface area contributed by atoms with Crippen molar-refractivity contribution >= 4 is 16.0 Å². The Labute approximate surface area is 182 Å². The number of carbonyl (C=O) groups excluding carboxylic acids is 1. The Hall–Kier alpha value is -2.62. The van der Waals surface area contributed by atoms with Crippen molar-refractivity contribution in [1.82, 2.24) is 4.31 Å². The predicted molar refractivity (Wildman–Crippen MR) is 114 cm³/mol. The van der Waals surface area contributed by atoms with Crippen molar-refractivity contribution in [2.75, 3.05) is 40.0 Å². The van der Waals surface area contributed by atoms with Crippen LogP contribution >= 0.6 is 0 Å². The number of esters is 1. The molecule has 1 saturated heterocycles. The maximum atomic E-state index is 13.1. The van der Waals surface area contributed by atoms with Crippen LogP contribution in [0.4, 0.5) is 0 Å². The van der Waals surface area contributed by atoms with Gasteiger partial charge in [-0.15, -0.1) is 0 Å². The highest BCUT2D eigenvalue weighted by Gasteiger charge is 2.29. The normalized spacial score (nSPS) is 14.8. The molecule has 0 N–H and O–H groups in total. The molecule has 31 heavy (non-hydrogen) atoms. The molecule has 2 aromatic carbocycles. The van der Waals surface area contributed by atoms with Crippen LogP contribution in [0.15, 0.2) is 47.4 Å². The molecule has 0 radical (unpaired) electrons. The van der Waals surface area contributed by atoms with Gasteiger partial charge in [0, 0.05) is 18.7 Å². The van der Waals surface area contributed by atoms with Crippen molar-refractivity contribution in [3.8, 4) is 11.5 Å². The molecule has 1 fully saturated rings. The summed E-state index contributed by atoms with van der Waals surface area (Å²) in [5.74, 6) is 0.432. The van der Waals surface area contributed by atoms with E-state index < -0.39 is 16.0 Å². The Bertz CT molecular complexity index is 1000. The first kappa shape index (κ1) is 23.1. The maximum Gasteiger partial charge on any atom is 0.310 e. The molecule has 0 bridgehead atoms. The van der Waals surface area contributed by atoms with Gasteiger partial charge in [-0.05, 0) is 30.7 Å². The van der Waals surface area contributed by atoms with Gasteiger partial charge in [0.2, 0.25) is 10.0 Å². The quantitative estimate of drug-likeness (QED) is 0.543. The van der Waals surface area contributed by atoms with E-state index in [1.165, 1.54) is 17.5 Å². The van der Waals surface area contributed by atoms with Crippen molar-refractivity contribution in [2.45, 2.75) is 24.8 Å². The zero-order valence-electron chi connectivity index (χ0n) is 17.7. The summed E-state index contributed by atoms with van der Waals surface area (Å²) in [6, 6.07) is 12.0. The minimum absolute atomic E-state index is 0.0314. The Kier molecular flexibility index (Phi) is 7.89. The molecule has 1 heterocycles. The van der Waals surface area contributed by atoms with E-state index in [1.807, 2.05) is 31.2 Å². The molecule has 1 aliphatic heterocycles. The van der Waals surface area contributed by atoms with Gasteiger partial charge in [0.05, 0.1) is 33.4 Å². The Balaban J connectivity index is 1.72. The minimum Gasteiger partial charge on any atom is -0.495 e. The SMILES string of the molecule is CCOc1ccccc1COC(=O)Cc1ccc(OC)c(S(=O)(=O)N2CCOCC2)c1. The van der Waals surface area contributed by atoms with Gasteiger partial charge in [-0.2, -0.15) is 4.31 Å². The summed E-state index contributed by atoms with van der Waals surface area (Å²) >= 11 is 0. The first-order valence-electron chi connectivity index (χ1n) is 10.1. The largest absolute Gasteiger partial charge is 0.495 e. The van der Waals surface area contributed by atoms with E-state index in [-0.39, 0.29) is 36.8 Å². The summed E-state index contributed by atoms with van der Waals surface area (Å²) in [6.07, 6.45) is -0.0631. The zero-order chi connectivity index (χ0) is 22.3. The number of morpholine rings is 1. The lowest BCUT2D eigenvalue weighted by atomic mass is 10.1. The second kappa shape index (κ2) is 10.6. The van der Waals surface area contributed by atoms with Crippen LogP contribution in [0, 0.1) is 0 Å². The molecule has 9 heteroatoms. The summed E-state index contributed by atoms with van der Waals surface area (Å²) < 4.78 is 48.9. The molecular weight excluding hydrogens is 422 g/mol. The lowest BCUT2D eigenvalue weighted by Crippen LogP contribution is -2.40. The molecule has 0 unspecified atom stereocenters. The fraction of sp³-hybridized carbons (Fsp3) is 0.409. The zero-order valence-corrected chi connectivity index (χ0v) is 18.5. The fourth-order valence-corrected chi connectivity index (χ4v) is 4.87. The molecule has 8 nitrogen and oxygen atoms in total. The van der Waals surface area contributed by atoms with Gasteiger partial charge in [-0.1, -0.05) is 24.3 Å². The number of hydrogen-bond donors (Lipinski definition) is 0. The van der Waals surface area contributed by atoms with Crippen molar-refractivity contribution in [2.24, 2.45) is 0 Å². The summed E-state index contributed by atoms with van der Waals surface area (Å²) in [5.41, 5.74) is 1.29. The topological polar surface area (TPSA) is 91.4 Å². The predicted octanol–water partition coefficient (Wildman–Crippen LogP) is 2.40. The molecule has 0 amide bonds. The van der Waals surface area contributed by atoms with Crippen LogP contribution in [0.5, 0.6) is 11.5 Å². The second-order valence-corrected chi connectivity index (χ2v) is 8.79. The molecule has 3 rings (SSSR count). The number of rotatable bonds is 9. The molecule has 0 aromatic heterocycles. The summed E-state index contributed by atoms with van der Waals surface area (Å²) in [7, 11) is -2.36. The average Bonchev–Trinajstić information content (AvgIpc) is 2.79. The standard InChI is InChI=1S/C22H27NO7S/c1-3-29-19-7-5-4-6-18(19)16-30-22(24)15-17-8-9-20(27-2)21(14-17)31(25,26)23-10-12-28-13-11-23/h4-9,14H,3,10-13,15-16H2,1-2H3. The van der Waals surface area contributed by atoms with Crippen LogP contribution in [-0.2, 0) is 37.3 Å². The lowest BCUT2D eigenvalue weighted by molar-refractivity contribution is -0.144. The van der Waals surface area contributed by atoms with Gasteiger partial charge < -0.3 is 18.9 Å². The number of para-hydroxylation sites is 1. The van der Waals surface area contributed by atoms with Crippen LogP contribution in [0.25, 0.3) is 0 Å². The summed E-state index contributed by atoms with van der Waals surface area (Å²) in [4.78, 5) is 12.4. The van der Waals surface area contributed by atoms with Crippen LogP contribution in [0.1, 0.15) is 18.1 Å². The van der Waals surface area contributed by atoms with Gasteiger partial charge in [0.15, 0.2) is 0 Å². The highest BCUT2D eigenvalue weighted by atomic mass is 32.2. The first-order valence-corrected chi connectivity index (χ1v) is 11.5. The molecule has 0 atom stereocenters. The van der Waals surface area contributed by atoms with E-state index in [4.69, 9.17) is 18.9 Å². The first-order chi connectivity index (χ1) is 15.0. The van der Waals surface area contributed by atoms with Gasteiger partial charge in [0.1, 0.15) is 23.0 Å². The third-order valence-electron chi connectivity index (χ3n) is 4.83. The van der Waals surface area contributed by atoms with Crippen molar-refractivity contribution in [3.63, 3.8) is 0 Å². The second-order valence-electron chi connectivity index (χ2n) is 6.88. The highest BCUT2D eigenvalue weighted by Crippen LogP contribution is 2.29. The molecular formula is C22H27NO7S. The van der Waals surface area contributed by atoms with Gasteiger partial charge in [-0.25, -0.2) is 8.42 Å². The summed E-state index contributed by atoms with van der Waals surface area (Å²) in [6.45, 7) is 3.71. The smallest absolute Gasteiger partial charge is 0.310 e. The van der Waals surface area contributed by atoms with E-state index >= 15 is 0 Å². The van der Waals surface area contributed by atoms with Gasteiger partial charge in [0.25, 0.3) is 0 Å². The Morgan fingerprint density at radius 2 is 1.84 bits per heavy atom. The van der Waals surface area contributed by atoms with Gasteiger partial charge >= 0.3 is 5.97 Å². The molecule has 0 saturated carbocycles. The van der Waals surface area contributed by atoms with E-state index in [1.54, 1.807) is 12.1 Å². The van der Waals surface area contributed by atoms with Crippen LogP contribution in [0.2, 0.25) is 0 Å². The van der Waals surface area contributed by atoms with Crippen LogP contribution in [-0.4, -0.2) is 58.7 Å². The number of carbonyl (C=O) groups is 1. The number of methoxy groups -OCH3 is 1. The molecule has 0 aliphatic carbocycles. The van der Waals surface area contributed by atoms with E-state index in [0.29, 0.717) is 31.1 Å². The minimum atomic E-state index is -3.77. The summed E-state index contributed by atoms with van der Waals surface area (Å²) in [5, 5.41) is 0. The number of sulfonamides is 1. The van der Waals surface area contributed by atoms with E-state index in [9.17, 15) is 13.2 Å². The van der Waals surface area contributed by atoms with Crippen LogP contribution < -0.4 is 9.47 Å². The van der Waals surface area contributed by atoms with Crippen molar-refractivity contribution < 1.29 is 32.2 Å². The monoisotopic (exact) mass is 449 g/mol. The molecule has 168 valence electrons. The molecule has 0 spiro atoms. The van der Waals surface area contributed by atoms with Crippen molar-refractivity contribution in [3.05, 3.63) is 53.6 Å². The lowest BCUT2D eigenvalue weighted by Gasteiger charge is -2.26. The third kappa shape index (κ3) is 5.75.